The molecule has 3 heteroatoms. The topological polar surface area (TPSA) is 32.3 Å². The van der Waals surface area contributed by atoms with E-state index in [1.165, 1.54) is 38.5 Å². The van der Waals surface area contributed by atoms with Crippen molar-refractivity contribution in [2.45, 2.75) is 70.8 Å². The fraction of sp³-hybridized carbons (Fsp3) is 0.941. The lowest BCUT2D eigenvalue weighted by atomic mass is 9.72. The second-order valence-corrected chi connectivity index (χ2v) is 7.14. The van der Waals surface area contributed by atoms with Gasteiger partial charge in [0.1, 0.15) is 0 Å². The van der Waals surface area contributed by atoms with Gasteiger partial charge < -0.3 is 10.2 Å². The fourth-order valence-corrected chi connectivity index (χ4v) is 4.81. The number of carbonyl (C=O) groups excluding carboxylic acids is 1. The number of hydrogen-bond acceptors (Lipinski definition) is 2. The number of piperidine rings is 2. The summed E-state index contributed by atoms with van der Waals surface area (Å²) in [7, 11) is 0. The zero-order valence-corrected chi connectivity index (χ0v) is 13.0. The average Bonchev–Trinajstić information content (AvgIpc) is 2.54. The van der Waals surface area contributed by atoms with Gasteiger partial charge in [0.25, 0.3) is 0 Å². The largest absolute Gasteiger partial charge is 0.339 e. The van der Waals surface area contributed by atoms with Gasteiger partial charge in [-0.2, -0.15) is 0 Å². The molecule has 3 nitrogen and oxygen atoms in total. The highest BCUT2D eigenvalue weighted by Gasteiger charge is 2.45. The number of fused-ring (bicyclic) bond motifs is 1. The van der Waals surface area contributed by atoms with Crippen LogP contribution < -0.4 is 5.32 Å². The summed E-state index contributed by atoms with van der Waals surface area (Å²) in [6.45, 7) is 5.27. The molecule has 2 heterocycles. The first-order valence-electron chi connectivity index (χ1n) is 8.79. The summed E-state index contributed by atoms with van der Waals surface area (Å²) < 4.78 is 0. The number of nitrogens with one attached hydrogen (secondary N) is 1. The van der Waals surface area contributed by atoms with E-state index in [0.29, 0.717) is 11.9 Å². The summed E-state index contributed by atoms with van der Waals surface area (Å²) in [6, 6.07) is 0.573. The van der Waals surface area contributed by atoms with Gasteiger partial charge in [0.05, 0.1) is 5.41 Å². The molecule has 20 heavy (non-hydrogen) atoms. The molecule has 1 N–H and O–H groups in total. The number of amides is 1. The van der Waals surface area contributed by atoms with E-state index in [1.54, 1.807) is 0 Å². The van der Waals surface area contributed by atoms with E-state index >= 15 is 0 Å². The van der Waals surface area contributed by atoms with E-state index in [9.17, 15) is 4.79 Å². The van der Waals surface area contributed by atoms with Crippen LogP contribution in [-0.2, 0) is 4.79 Å². The van der Waals surface area contributed by atoms with Crippen LogP contribution in [0, 0.1) is 11.3 Å². The Labute approximate surface area is 123 Å². The lowest BCUT2D eigenvalue weighted by Gasteiger charge is -2.48. The molecule has 1 aliphatic carbocycles. The Morgan fingerprint density at radius 3 is 2.60 bits per heavy atom. The van der Waals surface area contributed by atoms with Gasteiger partial charge in [0.2, 0.25) is 5.91 Å². The van der Waals surface area contributed by atoms with Crippen LogP contribution in [0.1, 0.15) is 64.7 Å². The van der Waals surface area contributed by atoms with Crippen LogP contribution in [-0.4, -0.2) is 36.5 Å². The number of nitrogens with zero attached hydrogens (tertiary/aromatic N) is 1. The Hall–Kier alpha value is -0.570. The molecule has 0 bridgehead atoms. The highest BCUT2D eigenvalue weighted by Crippen LogP contribution is 2.41. The Morgan fingerprint density at radius 1 is 1.15 bits per heavy atom. The molecule has 2 unspecified atom stereocenters. The normalized spacial score (nSPS) is 33.5. The van der Waals surface area contributed by atoms with Crippen molar-refractivity contribution in [2.24, 2.45) is 11.3 Å². The maximum Gasteiger partial charge on any atom is 0.229 e. The second kappa shape index (κ2) is 6.05. The first-order valence-corrected chi connectivity index (χ1v) is 8.79. The predicted octanol–water partition coefficient (Wildman–Crippen LogP) is 2.95. The SMILES string of the molecule is CCC1(C(=O)N2CCCC3CCCCC32)CCNCC1. The van der Waals surface area contributed by atoms with Gasteiger partial charge in [-0.1, -0.05) is 19.8 Å². The summed E-state index contributed by atoms with van der Waals surface area (Å²) >= 11 is 0. The highest BCUT2D eigenvalue weighted by atomic mass is 16.2. The number of carbonyl (C=O) groups is 1. The van der Waals surface area contributed by atoms with Gasteiger partial charge in [-0.3, -0.25) is 4.79 Å². The molecule has 1 saturated carbocycles. The maximum absolute atomic E-state index is 13.3. The fourth-order valence-electron chi connectivity index (χ4n) is 4.81. The molecule has 3 rings (SSSR count). The zero-order valence-electron chi connectivity index (χ0n) is 13.0. The van der Waals surface area contributed by atoms with Crippen molar-refractivity contribution in [2.75, 3.05) is 19.6 Å². The van der Waals surface area contributed by atoms with Crippen molar-refractivity contribution in [1.82, 2.24) is 10.2 Å². The quantitative estimate of drug-likeness (QED) is 0.842. The van der Waals surface area contributed by atoms with E-state index < -0.39 is 0 Å². The van der Waals surface area contributed by atoms with E-state index in [-0.39, 0.29) is 5.41 Å². The molecule has 0 aromatic rings. The highest BCUT2D eigenvalue weighted by molar-refractivity contribution is 5.83. The Kier molecular flexibility index (Phi) is 4.34. The molecule has 0 aromatic carbocycles. The summed E-state index contributed by atoms with van der Waals surface area (Å²) in [5, 5.41) is 3.42. The zero-order chi connectivity index (χ0) is 14.0. The third-order valence-electron chi connectivity index (χ3n) is 6.20. The van der Waals surface area contributed by atoms with Crippen molar-refractivity contribution in [3.8, 4) is 0 Å². The molecule has 114 valence electrons. The number of likely N-dealkylation sites (tertiary alicyclic amines) is 1. The molecular formula is C17H30N2O. The summed E-state index contributed by atoms with van der Waals surface area (Å²) in [6.07, 6.45) is 11.0. The van der Waals surface area contributed by atoms with Crippen molar-refractivity contribution < 1.29 is 4.79 Å². The predicted molar refractivity (Wildman–Crippen MR) is 81.5 cm³/mol. The third-order valence-corrected chi connectivity index (χ3v) is 6.20. The molecular weight excluding hydrogens is 248 g/mol. The first-order chi connectivity index (χ1) is 9.77. The minimum absolute atomic E-state index is 0.0510. The Balaban J connectivity index is 1.77. The maximum atomic E-state index is 13.3. The average molecular weight is 278 g/mol. The van der Waals surface area contributed by atoms with Crippen LogP contribution in [0.5, 0.6) is 0 Å². The minimum Gasteiger partial charge on any atom is -0.339 e. The number of rotatable bonds is 2. The van der Waals surface area contributed by atoms with Crippen molar-refractivity contribution in [1.29, 1.82) is 0 Å². The first kappa shape index (κ1) is 14.4. The van der Waals surface area contributed by atoms with E-state index in [4.69, 9.17) is 0 Å². The van der Waals surface area contributed by atoms with Gasteiger partial charge in [-0.25, -0.2) is 0 Å². The lowest BCUT2D eigenvalue weighted by molar-refractivity contribution is -0.150. The van der Waals surface area contributed by atoms with Crippen molar-refractivity contribution >= 4 is 5.91 Å². The Bertz CT molecular complexity index is 347. The Morgan fingerprint density at radius 2 is 1.85 bits per heavy atom. The van der Waals surface area contributed by atoms with Crippen molar-refractivity contribution in [3.05, 3.63) is 0 Å². The van der Waals surface area contributed by atoms with Crippen LogP contribution in [0.4, 0.5) is 0 Å². The van der Waals surface area contributed by atoms with Gasteiger partial charge in [-0.05, 0) is 64.0 Å². The van der Waals surface area contributed by atoms with E-state index in [2.05, 4.69) is 17.1 Å². The van der Waals surface area contributed by atoms with Crippen LogP contribution in [0.15, 0.2) is 0 Å². The molecule has 3 aliphatic rings. The second-order valence-electron chi connectivity index (χ2n) is 7.14. The van der Waals surface area contributed by atoms with E-state index in [1.807, 2.05) is 0 Å². The van der Waals surface area contributed by atoms with Crippen LogP contribution in [0.3, 0.4) is 0 Å². The molecule has 0 aromatic heterocycles. The summed E-state index contributed by atoms with van der Waals surface area (Å²) in [5.41, 5.74) is -0.0510. The van der Waals surface area contributed by atoms with Gasteiger partial charge >= 0.3 is 0 Å². The minimum atomic E-state index is -0.0510. The van der Waals surface area contributed by atoms with Gasteiger partial charge in [0, 0.05) is 12.6 Å². The molecule has 1 amide bonds. The van der Waals surface area contributed by atoms with Gasteiger partial charge in [0.15, 0.2) is 0 Å². The standard InChI is InChI=1S/C17H30N2O/c1-2-17(9-11-18-12-10-17)16(20)19-13-5-7-14-6-3-4-8-15(14)19/h14-15,18H,2-13H2,1H3. The molecule has 2 saturated heterocycles. The van der Waals surface area contributed by atoms with E-state index in [0.717, 1.165) is 44.8 Å². The molecule has 3 fully saturated rings. The monoisotopic (exact) mass is 278 g/mol. The lowest BCUT2D eigenvalue weighted by Crippen LogP contribution is -2.56. The molecule has 2 aliphatic heterocycles. The van der Waals surface area contributed by atoms with Crippen LogP contribution in [0.25, 0.3) is 0 Å². The third kappa shape index (κ3) is 2.49. The molecule has 0 spiro atoms. The smallest absolute Gasteiger partial charge is 0.229 e. The number of hydrogen-bond donors (Lipinski definition) is 1. The molecule has 0 radical (unpaired) electrons. The van der Waals surface area contributed by atoms with Crippen LogP contribution >= 0.6 is 0 Å². The summed E-state index contributed by atoms with van der Waals surface area (Å²) in [4.78, 5) is 15.6. The van der Waals surface area contributed by atoms with Crippen molar-refractivity contribution in [3.63, 3.8) is 0 Å². The van der Waals surface area contributed by atoms with Gasteiger partial charge in [-0.15, -0.1) is 0 Å². The molecule has 2 atom stereocenters. The van der Waals surface area contributed by atoms with Crippen LogP contribution in [0.2, 0.25) is 0 Å². The summed E-state index contributed by atoms with van der Waals surface area (Å²) in [5.74, 6) is 1.30.